The first-order valence-corrected chi connectivity index (χ1v) is 4.82. The van der Waals surface area contributed by atoms with Crippen molar-refractivity contribution in [2.45, 2.75) is 6.92 Å². The van der Waals surface area contributed by atoms with Crippen molar-refractivity contribution in [2.24, 2.45) is 11.7 Å². The van der Waals surface area contributed by atoms with Gasteiger partial charge in [0.15, 0.2) is 0 Å². The van der Waals surface area contributed by atoms with Crippen molar-refractivity contribution in [3.8, 4) is 5.75 Å². The lowest BCUT2D eigenvalue weighted by Gasteiger charge is -2.11. The molecule has 7 heteroatoms. The van der Waals surface area contributed by atoms with E-state index < -0.39 is 16.4 Å². The Kier molecular flexibility index (Phi) is 3.97. The van der Waals surface area contributed by atoms with Gasteiger partial charge < -0.3 is 10.5 Å². The molecule has 0 saturated heterocycles. The summed E-state index contributed by atoms with van der Waals surface area (Å²) >= 11 is 0. The van der Waals surface area contributed by atoms with Crippen LogP contribution in [0.15, 0.2) is 18.2 Å². The summed E-state index contributed by atoms with van der Waals surface area (Å²) in [6.07, 6.45) is 0. The quantitative estimate of drug-likeness (QED) is 0.354. The molecule has 0 fully saturated rings. The molecule has 0 heterocycles. The number of ether oxygens (including phenoxy) is 1. The molecule has 0 radical (unpaired) electrons. The van der Waals surface area contributed by atoms with Crippen LogP contribution in [0.4, 0.5) is 10.1 Å². The molecule has 0 aliphatic carbocycles. The summed E-state index contributed by atoms with van der Waals surface area (Å²) in [7, 11) is 0. The Balaban J connectivity index is 2.71. The Labute approximate surface area is 96.8 Å². The number of nitrogens with one attached hydrogen (secondary N) is 1. The fourth-order valence-corrected chi connectivity index (χ4v) is 1.04. The molecule has 0 aliphatic heterocycles. The molecule has 0 aromatic heterocycles. The predicted molar refractivity (Wildman–Crippen MR) is 59.6 cm³/mol. The number of hydrogen-bond donors (Lipinski definition) is 2. The standard InChI is InChI=1S/C10H12FN3O3/c1-6(10(12)13)5-17-7-2-3-9(14(15)16)8(11)4-7/h2-4,6H,5H2,1H3,(H3,12,13). The van der Waals surface area contributed by atoms with Crippen molar-refractivity contribution >= 4 is 11.5 Å². The first-order chi connectivity index (χ1) is 7.91. The Morgan fingerprint density at radius 1 is 1.71 bits per heavy atom. The zero-order valence-corrected chi connectivity index (χ0v) is 9.14. The van der Waals surface area contributed by atoms with Crippen molar-refractivity contribution in [1.29, 1.82) is 5.41 Å². The third-order valence-corrected chi connectivity index (χ3v) is 2.15. The summed E-state index contributed by atoms with van der Waals surface area (Å²) in [6.45, 7) is 1.80. The van der Waals surface area contributed by atoms with Crippen LogP contribution >= 0.6 is 0 Å². The number of hydrogen-bond acceptors (Lipinski definition) is 4. The number of nitrogens with two attached hydrogens (primary N) is 1. The summed E-state index contributed by atoms with van der Waals surface area (Å²) in [6, 6.07) is 3.27. The lowest BCUT2D eigenvalue weighted by Crippen LogP contribution is -2.25. The molecule has 0 spiro atoms. The highest BCUT2D eigenvalue weighted by Gasteiger charge is 2.14. The molecule has 1 aromatic carbocycles. The molecule has 1 aromatic rings. The molecular weight excluding hydrogens is 229 g/mol. The molecule has 1 rings (SSSR count). The average Bonchev–Trinajstić information content (AvgIpc) is 2.25. The van der Waals surface area contributed by atoms with Crippen molar-refractivity contribution in [2.75, 3.05) is 6.61 Å². The van der Waals surface area contributed by atoms with E-state index in [4.69, 9.17) is 15.9 Å². The van der Waals surface area contributed by atoms with Gasteiger partial charge in [-0.05, 0) is 6.07 Å². The Morgan fingerprint density at radius 2 is 2.35 bits per heavy atom. The van der Waals surface area contributed by atoms with E-state index in [0.29, 0.717) is 0 Å². The normalized spacial score (nSPS) is 11.9. The van der Waals surface area contributed by atoms with Gasteiger partial charge in [0.2, 0.25) is 5.82 Å². The fraction of sp³-hybridized carbons (Fsp3) is 0.300. The summed E-state index contributed by atoms with van der Waals surface area (Å²) in [4.78, 5) is 9.56. The predicted octanol–water partition coefficient (Wildman–Crippen LogP) is 1.68. The third kappa shape index (κ3) is 3.40. The Hall–Kier alpha value is -2.18. The lowest BCUT2D eigenvalue weighted by molar-refractivity contribution is -0.387. The molecular formula is C10H12FN3O3. The minimum absolute atomic E-state index is 0.0348. The van der Waals surface area contributed by atoms with Gasteiger partial charge in [-0.15, -0.1) is 0 Å². The smallest absolute Gasteiger partial charge is 0.305 e. The highest BCUT2D eigenvalue weighted by Crippen LogP contribution is 2.22. The molecule has 17 heavy (non-hydrogen) atoms. The number of nitro groups is 1. The van der Waals surface area contributed by atoms with Gasteiger partial charge in [-0.2, -0.15) is 4.39 Å². The maximum atomic E-state index is 13.2. The molecule has 6 nitrogen and oxygen atoms in total. The number of nitrogens with zero attached hydrogens (tertiary/aromatic N) is 1. The SMILES string of the molecule is CC(COc1ccc([N+](=O)[O-])c(F)c1)C(=N)N. The first kappa shape index (κ1) is 12.9. The maximum Gasteiger partial charge on any atom is 0.305 e. The van der Waals surface area contributed by atoms with Crippen LogP contribution < -0.4 is 10.5 Å². The van der Waals surface area contributed by atoms with Gasteiger partial charge in [0.05, 0.1) is 17.4 Å². The van der Waals surface area contributed by atoms with Crippen LogP contribution in [0.5, 0.6) is 5.75 Å². The zero-order chi connectivity index (χ0) is 13.0. The van der Waals surface area contributed by atoms with Crippen molar-refractivity contribution in [1.82, 2.24) is 0 Å². The van der Waals surface area contributed by atoms with E-state index >= 15 is 0 Å². The van der Waals surface area contributed by atoms with Crippen LogP contribution in [0.3, 0.4) is 0 Å². The van der Waals surface area contributed by atoms with Crippen LogP contribution in [0, 0.1) is 27.3 Å². The van der Waals surface area contributed by atoms with E-state index in [1.807, 2.05) is 0 Å². The van der Waals surface area contributed by atoms with E-state index in [2.05, 4.69) is 0 Å². The monoisotopic (exact) mass is 241 g/mol. The molecule has 1 atom stereocenters. The van der Waals surface area contributed by atoms with Gasteiger partial charge in [-0.3, -0.25) is 15.5 Å². The van der Waals surface area contributed by atoms with Crippen molar-refractivity contribution in [3.63, 3.8) is 0 Å². The second-order valence-corrected chi connectivity index (χ2v) is 3.54. The number of rotatable bonds is 5. The van der Waals surface area contributed by atoms with E-state index in [1.54, 1.807) is 6.92 Å². The van der Waals surface area contributed by atoms with Crippen molar-refractivity contribution < 1.29 is 14.1 Å². The van der Waals surface area contributed by atoms with Gasteiger partial charge >= 0.3 is 5.69 Å². The first-order valence-electron chi connectivity index (χ1n) is 4.82. The van der Waals surface area contributed by atoms with Crippen LogP contribution in [0.25, 0.3) is 0 Å². The van der Waals surface area contributed by atoms with Crippen LogP contribution in [0.2, 0.25) is 0 Å². The fourth-order valence-electron chi connectivity index (χ4n) is 1.04. The number of amidine groups is 1. The van der Waals surface area contributed by atoms with E-state index in [0.717, 1.165) is 12.1 Å². The van der Waals surface area contributed by atoms with E-state index in [9.17, 15) is 14.5 Å². The van der Waals surface area contributed by atoms with Crippen LogP contribution in [-0.2, 0) is 0 Å². The lowest BCUT2D eigenvalue weighted by atomic mass is 10.2. The van der Waals surface area contributed by atoms with Gasteiger partial charge in [0.1, 0.15) is 5.75 Å². The number of nitro benzene ring substituents is 1. The zero-order valence-electron chi connectivity index (χ0n) is 9.14. The van der Waals surface area contributed by atoms with Crippen molar-refractivity contribution in [3.05, 3.63) is 34.1 Å². The Morgan fingerprint density at radius 3 is 2.82 bits per heavy atom. The topological polar surface area (TPSA) is 102 Å². The highest BCUT2D eigenvalue weighted by molar-refractivity contribution is 5.79. The number of halogens is 1. The maximum absolute atomic E-state index is 13.2. The van der Waals surface area contributed by atoms with E-state index in [-0.39, 0.29) is 24.1 Å². The molecule has 92 valence electrons. The molecule has 0 saturated carbocycles. The van der Waals surface area contributed by atoms with Gasteiger partial charge in [0, 0.05) is 18.1 Å². The van der Waals surface area contributed by atoms with Crippen LogP contribution in [0.1, 0.15) is 6.92 Å². The summed E-state index contributed by atoms with van der Waals surface area (Å²) in [5.74, 6) is -1.12. The summed E-state index contributed by atoms with van der Waals surface area (Å²) in [5.41, 5.74) is 4.63. The second kappa shape index (κ2) is 5.24. The van der Waals surface area contributed by atoms with Gasteiger partial charge in [-0.25, -0.2) is 0 Å². The third-order valence-electron chi connectivity index (χ3n) is 2.15. The Bertz CT molecular complexity index is 450. The summed E-state index contributed by atoms with van der Waals surface area (Å²) in [5, 5.41) is 17.5. The molecule has 1 unspecified atom stereocenters. The minimum atomic E-state index is -0.956. The summed E-state index contributed by atoms with van der Waals surface area (Å²) < 4.78 is 18.4. The highest BCUT2D eigenvalue weighted by atomic mass is 19.1. The van der Waals surface area contributed by atoms with E-state index in [1.165, 1.54) is 6.07 Å². The number of benzene rings is 1. The van der Waals surface area contributed by atoms with Gasteiger partial charge in [0.25, 0.3) is 0 Å². The van der Waals surface area contributed by atoms with Crippen LogP contribution in [-0.4, -0.2) is 17.4 Å². The molecule has 0 amide bonds. The molecule has 3 N–H and O–H groups in total. The minimum Gasteiger partial charge on any atom is -0.493 e. The second-order valence-electron chi connectivity index (χ2n) is 3.54. The molecule has 0 bridgehead atoms. The molecule has 0 aliphatic rings. The largest absolute Gasteiger partial charge is 0.493 e. The average molecular weight is 241 g/mol. The van der Waals surface area contributed by atoms with Gasteiger partial charge in [-0.1, -0.05) is 6.92 Å².